The van der Waals surface area contributed by atoms with Gasteiger partial charge < -0.3 is 15.5 Å². The van der Waals surface area contributed by atoms with Crippen LogP contribution in [0.3, 0.4) is 0 Å². The third-order valence-electron chi connectivity index (χ3n) is 4.39. The molecule has 1 aromatic carbocycles. The van der Waals surface area contributed by atoms with Crippen molar-refractivity contribution in [2.45, 2.75) is 40.8 Å². The number of rotatable bonds is 5. The van der Waals surface area contributed by atoms with Gasteiger partial charge in [-0.2, -0.15) is 0 Å². The Morgan fingerprint density at radius 3 is 2.66 bits per heavy atom. The maximum atomic E-state index is 14.4. The Balaban J connectivity index is 1.83. The van der Waals surface area contributed by atoms with Crippen molar-refractivity contribution in [2.75, 3.05) is 0 Å². The molecule has 2 aromatic heterocycles. The summed E-state index contributed by atoms with van der Waals surface area (Å²) in [7, 11) is 0. The van der Waals surface area contributed by atoms with Crippen molar-refractivity contribution >= 4 is 28.6 Å². The van der Waals surface area contributed by atoms with E-state index in [-0.39, 0.29) is 22.8 Å². The number of aromatic hydroxyl groups is 1. The predicted octanol–water partition coefficient (Wildman–Crippen LogP) is 4.85. The van der Waals surface area contributed by atoms with Crippen LogP contribution in [-0.4, -0.2) is 21.1 Å². The number of hydrogen-bond acceptors (Lipinski definition) is 6. The van der Waals surface area contributed by atoms with E-state index in [2.05, 4.69) is 10.3 Å². The van der Waals surface area contributed by atoms with E-state index in [1.54, 1.807) is 0 Å². The fraction of sp³-hybridized carbons (Fsp3) is 0.333. The molecule has 29 heavy (non-hydrogen) atoms. The molecule has 0 saturated heterocycles. The zero-order valence-electron chi connectivity index (χ0n) is 16.7. The van der Waals surface area contributed by atoms with E-state index in [1.165, 1.54) is 28.7 Å². The van der Waals surface area contributed by atoms with Crippen LogP contribution in [0.5, 0.6) is 5.75 Å². The number of benzene rings is 1. The van der Waals surface area contributed by atoms with Gasteiger partial charge in [0.2, 0.25) is 5.91 Å². The number of thiazole rings is 1. The van der Waals surface area contributed by atoms with Crippen LogP contribution in [0.4, 0.5) is 4.39 Å². The summed E-state index contributed by atoms with van der Waals surface area (Å²) in [4.78, 5) is 18.2. The van der Waals surface area contributed by atoms with Crippen LogP contribution in [0, 0.1) is 18.2 Å². The molecule has 2 heterocycles. The molecule has 8 heteroatoms. The number of thiophene rings is 1. The second-order valence-corrected chi connectivity index (χ2v) is 9.77. The van der Waals surface area contributed by atoms with Gasteiger partial charge in [0, 0.05) is 32.4 Å². The number of phenols is 1. The van der Waals surface area contributed by atoms with Crippen molar-refractivity contribution in [2.24, 2.45) is 5.41 Å². The van der Waals surface area contributed by atoms with Crippen LogP contribution < -0.4 is 5.32 Å². The van der Waals surface area contributed by atoms with E-state index < -0.39 is 17.8 Å². The van der Waals surface area contributed by atoms with Crippen molar-refractivity contribution in [3.05, 3.63) is 45.7 Å². The third-order valence-corrected chi connectivity index (χ3v) is 6.56. The minimum absolute atomic E-state index is 0.0358. The number of carbonyl (C=O) groups excluding carboxylic acids is 1. The lowest BCUT2D eigenvalue weighted by atomic mass is 9.96. The van der Waals surface area contributed by atoms with Gasteiger partial charge in [0.05, 0.1) is 23.7 Å². The summed E-state index contributed by atoms with van der Waals surface area (Å²) >= 11 is 2.86. The van der Waals surface area contributed by atoms with Crippen molar-refractivity contribution in [3.63, 3.8) is 0 Å². The lowest BCUT2D eigenvalue weighted by Gasteiger charge is -2.16. The molecule has 154 valence electrons. The molecule has 5 nitrogen and oxygen atoms in total. The highest BCUT2D eigenvalue weighted by atomic mass is 32.1. The number of halogens is 1. The number of nitrogens with one attached hydrogen (secondary N) is 1. The molecule has 0 aliphatic heterocycles. The van der Waals surface area contributed by atoms with Crippen LogP contribution in [0.15, 0.2) is 23.6 Å². The van der Waals surface area contributed by atoms with Gasteiger partial charge in [-0.25, -0.2) is 9.37 Å². The summed E-state index contributed by atoms with van der Waals surface area (Å²) in [5.74, 6) is -0.664. The summed E-state index contributed by atoms with van der Waals surface area (Å²) in [5.41, 5.74) is 1.74. The Morgan fingerprint density at radius 2 is 2.00 bits per heavy atom. The van der Waals surface area contributed by atoms with Gasteiger partial charge in [0.1, 0.15) is 16.6 Å². The van der Waals surface area contributed by atoms with E-state index >= 15 is 0 Å². The fourth-order valence-corrected chi connectivity index (χ4v) is 4.72. The van der Waals surface area contributed by atoms with Gasteiger partial charge >= 0.3 is 0 Å². The molecule has 0 aliphatic rings. The van der Waals surface area contributed by atoms with Crippen LogP contribution in [0.1, 0.15) is 37.0 Å². The van der Waals surface area contributed by atoms with E-state index in [4.69, 9.17) is 5.11 Å². The number of hydrogen-bond donors (Lipinski definition) is 3. The Morgan fingerprint density at radius 1 is 1.28 bits per heavy atom. The topological polar surface area (TPSA) is 82.5 Å². The standard InChI is InChI=1S/C21H23FN2O3S2/c1-11-19(29-18(24-11)8-23-20(27)21(2,3)4)13-6-17(28-10-13)14-7-16(26)12(9-25)5-15(14)22/h5-7,10,25-26H,8-9H2,1-4H3,(H,23,27). The molecule has 1 amide bonds. The van der Waals surface area contributed by atoms with Crippen LogP contribution in [0.25, 0.3) is 20.9 Å². The van der Waals surface area contributed by atoms with Gasteiger partial charge in [0.25, 0.3) is 0 Å². The first-order valence-corrected chi connectivity index (χ1v) is 10.8. The second-order valence-electron chi connectivity index (χ2n) is 7.77. The first kappa shape index (κ1) is 21.4. The molecule has 0 bridgehead atoms. The Hall–Kier alpha value is -2.29. The Labute approximate surface area is 176 Å². The highest BCUT2D eigenvalue weighted by molar-refractivity contribution is 7.17. The number of aliphatic hydroxyl groups excluding tert-OH is 1. The smallest absolute Gasteiger partial charge is 0.225 e. The monoisotopic (exact) mass is 434 g/mol. The summed E-state index contributed by atoms with van der Waals surface area (Å²) in [6, 6.07) is 4.35. The lowest BCUT2D eigenvalue weighted by Crippen LogP contribution is -2.34. The minimum Gasteiger partial charge on any atom is -0.508 e. The van der Waals surface area contributed by atoms with E-state index in [1.807, 2.05) is 39.1 Å². The maximum Gasteiger partial charge on any atom is 0.225 e. The number of aliphatic hydroxyl groups is 1. The van der Waals surface area contributed by atoms with Gasteiger partial charge in [0.15, 0.2) is 0 Å². The second kappa shape index (κ2) is 8.22. The molecule has 3 N–H and O–H groups in total. The fourth-order valence-electron chi connectivity index (χ4n) is 2.73. The predicted molar refractivity (Wildman–Crippen MR) is 114 cm³/mol. The minimum atomic E-state index is -0.494. The number of aryl methyl sites for hydroxylation is 1. The zero-order chi connectivity index (χ0) is 21.3. The van der Waals surface area contributed by atoms with Gasteiger partial charge in [-0.05, 0) is 25.1 Å². The number of nitrogens with zero attached hydrogens (tertiary/aromatic N) is 1. The quantitative estimate of drug-likeness (QED) is 0.536. The molecule has 0 atom stereocenters. The number of amides is 1. The van der Waals surface area contributed by atoms with Crippen molar-refractivity contribution in [1.29, 1.82) is 0 Å². The zero-order valence-corrected chi connectivity index (χ0v) is 18.3. The SMILES string of the molecule is Cc1nc(CNC(=O)C(C)(C)C)sc1-c1csc(-c2cc(O)c(CO)cc2F)c1. The van der Waals surface area contributed by atoms with E-state index in [0.717, 1.165) is 27.2 Å². The average molecular weight is 435 g/mol. The van der Waals surface area contributed by atoms with E-state index in [9.17, 15) is 14.3 Å². The highest BCUT2D eigenvalue weighted by Crippen LogP contribution is 2.39. The molecular weight excluding hydrogens is 411 g/mol. The van der Waals surface area contributed by atoms with Gasteiger partial charge in [-0.1, -0.05) is 20.8 Å². The molecule has 3 aromatic rings. The molecule has 3 rings (SSSR count). The van der Waals surface area contributed by atoms with Crippen molar-refractivity contribution in [1.82, 2.24) is 10.3 Å². The highest BCUT2D eigenvalue weighted by Gasteiger charge is 2.21. The summed E-state index contributed by atoms with van der Waals surface area (Å²) in [6.45, 7) is 7.42. The number of carbonyl (C=O) groups is 1. The van der Waals surface area contributed by atoms with Gasteiger partial charge in [-0.15, -0.1) is 22.7 Å². The van der Waals surface area contributed by atoms with Crippen molar-refractivity contribution in [3.8, 4) is 26.6 Å². The molecule has 0 spiro atoms. The van der Waals surface area contributed by atoms with E-state index in [0.29, 0.717) is 11.4 Å². The largest absolute Gasteiger partial charge is 0.508 e. The van der Waals surface area contributed by atoms with Crippen LogP contribution in [0.2, 0.25) is 0 Å². The summed E-state index contributed by atoms with van der Waals surface area (Å²) in [5, 5.41) is 24.7. The molecule has 0 fully saturated rings. The summed E-state index contributed by atoms with van der Waals surface area (Å²) < 4.78 is 14.4. The normalized spacial score (nSPS) is 11.7. The third kappa shape index (κ3) is 4.66. The first-order valence-electron chi connectivity index (χ1n) is 9.06. The van der Waals surface area contributed by atoms with Crippen LogP contribution >= 0.6 is 22.7 Å². The summed E-state index contributed by atoms with van der Waals surface area (Å²) in [6.07, 6.45) is 0. The molecule has 0 radical (unpaired) electrons. The Bertz CT molecular complexity index is 1050. The Kier molecular flexibility index (Phi) is 6.07. The molecule has 0 unspecified atom stereocenters. The maximum absolute atomic E-state index is 14.4. The van der Waals surface area contributed by atoms with Crippen LogP contribution in [-0.2, 0) is 17.9 Å². The number of aromatic nitrogens is 1. The molecule has 0 aliphatic carbocycles. The van der Waals surface area contributed by atoms with Gasteiger partial charge in [-0.3, -0.25) is 4.79 Å². The molecule has 0 saturated carbocycles. The van der Waals surface area contributed by atoms with Crippen molar-refractivity contribution < 1.29 is 19.4 Å². The lowest BCUT2D eigenvalue weighted by molar-refractivity contribution is -0.128. The molecular formula is C21H23FN2O3S2. The first-order chi connectivity index (χ1) is 13.6. The average Bonchev–Trinajstić information content (AvgIpc) is 3.26.